The lowest BCUT2D eigenvalue weighted by Crippen LogP contribution is -1.83. The standard InChI is InChI=1S/C14H9F2NO2/c1-18-10-4-2-3-8(5-10)14-17-12-7-9(15)6-11(16)13(12)19-14/h2-7H,1H3. The zero-order valence-electron chi connectivity index (χ0n) is 9.98. The van der Waals surface area contributed by atoms with Crippen molar-refractivity contribution in [1.29, 1.82) is 0 Å². The van der Waals surface area contributed by atoms with Gasteiger partial charge in [0.1, 0.15) is 17.1 Å². The average Bonchev–Trinajstić information content (AvgIpc) is 2.83. The third-order valence-corrected chi connectivity index (χ3v) is 2.73. The van der Waals surface area contributed by atoms with E-state index in [-0.39, 0.29) is 17.0 Å². The molecule has 0 radical (unpaired) electrons. The molecule has 0 unspecified atom stereocenters. The highest BCUT2D eigenvalue weighted by Crippen LogP contribution is 2.28. The van der Waals surface area contributed by atoms with Gasteiger partial charge in [0.25, 0.3) is 0 Å². The molecule has 0 atom stereocenters. The van der Waals surface area contributed by atoms with Crippen molar-refractivity contribution in [2.45, 2.75) is 0 Å². The molecular weight excluding hydrogens is 252 g/mol. The predicted molar refractivity (Wildman–Crippen MR) is 65.9 cm³/mol. The third kappa shape index (κ3) is 2.03. The van der Waals surface area contributed by atoms with Crippen molar-refractivity contribution in [3.63, 3.8) is 0 Å². The predicted octanol–water partition coefficient (Wildman–Crippen LogP) is 3.78. The highest BCUT2D eigenvalue weighted by atomic mass is 19.1. The number of fused-ring (bicyclic) bond motifs is 1. The van der Waals surface area contributed by atoms with Crippen molar-refractivity contribution in [2.75, 3.05) is 7.11 Å². The van der Waals surface area contributed by atoms with Crippen LogP contribution in [0.2, 0.25) is 0 Å². The SMILES string of the molecule is COc1cccc(-c2nc3cc(F)cc(F)c3o2)c1. The van der Waals surface area contributed by atoms with E-state index in [0.717, 1.165) is 12.1 Å². The molecule has 0 amide bonds. The average molecular weight is 261 g/mol. The van der Waals surface area contributed by atoms with Crippen LogP contribution in [0.3, 0.4) is 0 Å². The Labute approximate surface area is 107 Å². The van der Waals surface area contributed by atoms with Crippen LogP contribution in [-0.2, 0) is 0 Å². The van der Waals surface area contributed by atoms with Gasteiger partial charge in [-0.1, -0.05) is 6.07 Å². The Hall–Kier alpha value is -2.43. The van der Waals surface area contributed by atoms with Gasteiger partial charge in [-0.05, 0) is 18.2 Å². The van der Waals surface area contributed by atoms with Crippen LogP contribution >= 0.6 is 0 Å². The summed E-state index contributed by atoms with van der Waals surface area (Å²) in [4.78, 5) is 4.08. The van der Waals surface area contributed by atoms with E-state index in [1.165, 1.54) is 0 Å². The number of nitrogens with zero attached hydrogens (tertiary/aromatic N) is 1. The summed E-state index contributed by atoms with van der Waals surface area (Å²) >= 11 is 0. The molecule has 1 heterocycles. The Bertz CT molecular complexity index is 752. The molecule has 3 aromatic rings. The zero-order chi connectivity index (χ0) is 13.4. The first-order valence-electron chi connectivity index (χ1n) is 5.57. The molecule has 3 nitrogen and oxygen atoms in total. The van der Waals surface area contributed by atoms with Crippen molar-refractivity contribution >= 4 is 11.1 Å². The van der Waals surface area contributed by atoms with Gasteiger partial charge in [0.05, 0.1) is 7.11 Å². The highest BCUT2D eigenvalue weighted by molar-refractivity contribution is 5.77. The quantitative estimate of drug-likeness (QED) is 0.704. The molecule has 19 heavy (non-hydrogen) atoms. The van der Waals surface area contributed by atoms with Crippen molar-refractivity contribution in [1.82, 2.24) is 4.98 Å². The van der Waals surface area contributed by atoms with Crippen molar-refractivity contribution < 1.29 is 17.9 Å². The summed E-state index contributed by atoms with van der Waals surface area (Å²) in [7, 11) is 1.54. The van der Waals surface area contributed by atoms with Gasteiger partial charge in [-0.2, -0.15) is 0 Å². The third-order valence-electron chi connectivity index (χ3n) is 2.73. The Balaban J connectivity index is 2.17. The molecule has 0 aliphatic heterocycles. The van der Waals surface area contributed by atoms with E-state index < -0.39 is 11.6 Å². The minimum atomic E-state index is -0.767. The first-order valence-corrected chi connectivity index (χ1v) is 5.57. The topological polar surface area (TPSA) is 35.3 Å². The summed E-state index contributed by atoms with van der Waals surface area (Å²) in [5.74, 6) is -0.600. The minimum absolute atomic E-state index is 0.0563. The summed E-state index contributed by atoms with van der Waals surface area (Å²) in [6, 6.07) is 8.89. The van der Waals surface area contributed by atoms with Crippen molar-refractivity contribution in [2.24, 2.45) is 0 Å². The largest absolute Gasteiger partial charge is 0.497 e. The van der Waals surface area contributed by atoms with Crippen LogP contribution < -0.4 is 4.74 Å². The van der Waals surface area contributed by atoms with Crippen LogP contribution in [0.4, 0.5) is 8.78 Å². The number of hydrogen-bond acceptors (Lipinski definition) is 3. The monoisotopic (exact) mass is 261 g/mol. The zero-order valence-corrected chi connectivity index (χ0v) is 9.98. The second-order valence-electron chi connectivity index (χ2n) is 3.99. The highest BCUT2D eigenvalue weighted by Gasteiger charge is 2.13. The normalized spacial score (nSPS) is 10.9. The Kier molecular flexibility index (Phi) is 2.67. The van der Waals surface area contributed by atoms with Crippen LogP contribution in [0.1, 0.15) is 0 Å². The number of benzene rings is 2. The lowest BCUT2D eigenvalue weighted by molar-refractivity contribution is 0.415. The summed E-state index contributed by atoms with van der Waals surface area (Å²) in [6.07, 6.45) is 0. The van der Waals surface area contributed by atoms with E-state index >= 15 is 0 Å². The summed E-state index contributed by atoms with van der Waals surface area (Å²) < 4.78 is 37.0. The van der Waals surface area contributed by atoms with E-state index in [2.05, 4.69) is 4.98 Å². The molecule has 0 bridgehead atoms. The number of halogens is 2. The molecular formula is C14H9F2NO2. The van der Waals surface area contributed by atoms with E-state index in [4.69, 9.17) is 9.15 Å². The second kappa shape index (κ2) is 4.35. The van der Waals surface area contributed by atoms with Crippen LogP contribution in [0.15, 0.2) is 40.8 Å². The van der Waals surface area contributed by atoms with Gasteiger partial charge in [-0.25, -0.2) is 13.8 Å². The number of ether oxygens (including phenoxy) is 1. The first kappa shape index (κ1) is 11.6. The number of aromatic nitrogens is 1. The van der Waals surface area contributed by atoms with Gasteiger partial charge in [0.15, 0.2) is 11.4 Å². The summed E-state index contributed by atoms with van der Waals surface area (Å²) in [5, 5.41) is 0. The lowest BCUT2D eigenvalue weighted by Gasteiger charge is -2.00. The Morgan fingerprint density at radius 3 is 2.79 bits per heavy atom. The molecule has 0 aliphatic rings. The maximum atomic E-state index is 13.5. The van der Waals surface area contributed by atoms with Crippen molar-refractivity contribution in [3.05, 3.63) is 48.0 Å². The molecule has 0 spiro atoms. The molecule has 0 fully saturated rings. The van der Waals surface area contributed by atoms with Gasteiger partial charge < -0.3 is 9.15 Å². The van der Waals surface area contributed by atoms with E-state index in [9.17, 15) is 8.78 Å². The molecule has 5 heteroatoms. The lowest BCUT2D eigenvalue weighted by atomic mass is 10.2. The Morgan fingerprint density at radius 2 is 2.00 bits per heavy atom. The molecule has 1 aromatic heterocycles. The summed E-state index contributed by atoms with van der Waals surface area (Å²) in [5.41, 5.74) is 0.727. The van der Waals surface area contributed by atoms with E-state index in [1.54, 1.807) is 31.4 Å². The van der Waals surface area contributed by atoms with Gasteiger partial charge in [0, 0.05) is 17.7 Å². The summed E-state index contributed by atoms with van der Waals surface area (Å²) in [6.45, 7) is 0. The number of oxazole rings is 1. The van der Waals surface area contributed by atoms with Gasteiger partial charge in [0.2, 0.25) is 5.89 Å². The number of methoxy groups -OCH3 is 1. The molecule has 2 aromatic carbocycles. The van der Waals surface area contributed by atoms with E-state index in [1.807, 2.05) is 0 Å². The maximum Gasteiger partial charge on any atom is 0.227 e. The van der Waals surface area contributed by atoms with Gasteiger partial charge in [-0.3, -0.25) is 0 Å². The van der Waals surface area contributed by atoms with Crippen LogP contribution in [0, 0.1) is 11.6 Å². The van der Waals surface area contributed by atoms with Gasteiger partial charge in [-0.15, -0.1) is 0 Å². The fourth-order valence-electron chi connectivity index (χ4n) is 1.84. The maximum absolute atomic E-state index is 13.5. The smallest absolute Gasteiger partial charge is 0.227 e. The van der Waals surface area contributed by atoms with E-state index in [0.29, 0.717) is 11.3 Å². The molecule has 0 N–H and O–H groups in total. The molecule has 0 aliphatic carbocycles. The van der Waals surface area contributed by atoms with Crippen LogP contribution in [0.5, 0.6) is 5.75 Å². The number of hydrogen-bond donors (Lipinski definition) is 0. The fourth-order valence-corrected chi connectivity index (χ4v) is 1.84. The molecule has 0 saturated heterocycles. The second-order valence-corrected chi connectivity index (χ2v) is 3.99. The van der Waals surface area contributed by atoms with Crippen LogP contribution in [-0.4, -0.2) is 12.1 Å². The minimum Gasteiger partial charge on any atom is -0.497 e. The molecule has 3 rings (SSSR count). The first-order chi connectivity index (χ1) is 9.17. The van der Waals surface area contributed by atoms with Gasteiger partial charge >= 0.3 is 0 Å². The van der Waals surface area contributed by atoms with Crippen LogP contribution in [0.25, 0.3) is 22.6 Å². The fraction of sp³-hybridized carbons (Fsp3) is 0.0714. The van der Waals surface area contributed by atoms with Crippen molar-refractivity contribution in [3.8, 4) is 17.2 Å². The molecule has 0 saturated carbocycles. The Morgan fingerprint density at radius 1 is 1.16 bits per heavy atom. The molecule has 96 valence electrons. The number of rotatable bonds is 2.